The summed E-state index contributed by atoms with van der Waals surface area (Å²) in [6, 6.07) is 3.53. The van der Waals surface area contributed by atoms with Crippen LogP contribution in [-0.2, 0) is 23.1 Å². The molecule has 2 amide bonds. The summed E-state index contributed by atoms with van der Waals surface area (Å²) in [6.07, 6.45) is 0. The van der Waals surface area contributed by atoms with Gasteiger partial charge < -0.3 is 9.88 Å². The predicted octanol–water partition coefficient (Wildman–Crippen LogP) is 1.44. The summed E-state index contributed by atoms with van der Waals surface area (Å²) < 4.78 is 28.3. The third-order valence-electron chi connectivity index (χ3n) is 4.24. The van der Waals surface area contributed by atoms with Gasteiger partial charge in [-0.25, -0.2) is 12.7 Å². The maximum atomic E-state index is 12.6. The van der Waals surface area contributed by atoms with Crippen LogP contribution in [0.1, 0.15) is 47.3 Å². The van der Waals surface area contributed by atoms with Crippen molar-refractivity contribution in [3.05, 3.63) is 39.9 Å². The summed E-state index contributed by atoms with van der Waals surface area (Å²) in [4.78, 5) is 24.6. The topological polar surface area (TPSA) is 117 Å². The summed E-state index contributed by atoms with van der Waals surface area (Å²) in [5.74, 6) is -0.490. The molecule has 9 nitrogen and oxygen atoms in total. The molecule has 2 aromatic rings. The Morgan fingerprint density at radius 2 is 2.07 bits per heavy atom. The fraction of sp³-hybridized carbons (Fsp3) is 0.375. The molecule has 0 unspecified atom stereocenters. The Hall–Kier alpha value is -2.53. The average molecular weight is 409 g/mol. The van der Waals surface area contributed by atoms with Gasteiger partial charge in [0.25, 0.3) is 21.8 Å². The van der Waals surface area contributed by atoms with Crippen LogP contribution in [0.3, 0.4) is 0 Å². The van der Waals surface area contributed by atoms with E-state index in [1.54, 1.807) is 18.4 Å². The highest BCUT2D eigenvalue weighted by Gasteiger charge is 2.42. The van der Waals surface area contributed by atoms with Crippen LogP contribution in [0.2, 0.25) is 0 Å². The Morgan fingerprint density at radius 1 is 1.37 bits per heavy atom. The molecule has 3 rings (SSSR count). The molecule has 144 valence electrons. The molecular formula is C16H19N5O4S2. The second kappa shape index (κ2) is 6.89. The van der Waals surface area contributed by atoms with E-state index >= 15 is 0 Å². The number of carbonyl (C=O) groups excluding carboxylic acids is 2. The molecule has 0 aliphatic carbocycles. The van der Waals surface area contributed by atoms with Gasteiger partial charge in [0.15, 0.2) is 10.6 Å². The van der Waals surface area contributed by atoms with Crippen LogP contribution in [-0.4, -0.2) is 45.3 Å². The van der Waals surface area contributed by atoms with E-state index in [0.29, 0.717) is 17.1 Å². The second-order valence-corrected chi connectivity index (χ2v) is 8.45. The quantitative estimate of drug-likeness (QED) is 0.722. The summed E-state index contributed by atoms with van der Waals surface area (Å²) in [5.41, 5.74) is 0.222. The summed E-state index contributed by atoms with van der Waals surface area (Å²) >= 11 is 5.10. The third kappa shape index (κ3) is 3.16. The first-order valence-corrected chi connectivity index (χ1v) is 10.2. The van der Waals surface area contributed by atoms with Crippen molar-refractivity contribution in [3.8, 4) is 0 Å². The highest BCUT2D eigenvalue weighted by Crippen LogP contribution is 2.32. The molecule has 1 aliphatic heterocycles. The van der Waals surface area contributed by atoms with E-state index in [1.165, 1.54) is 18.2 Å². The number of fused-ring (bicyclic) bond motifs is 1. The Balaban J connectivity index is 1.86. The van der Waals surface area contributed by atoms with E-state index in [4.69, 9.17) is 12.2 Å². The number of aromatic nitrogens is 3. The van der Waals surface area contributed by atoms with Gasteiger partial charge in [-0.2, -0.15) is 5.10 Å². The highest BCUT2D eigenvalue weighted by atomic mass is 32.2. The van der Waals surface area contributed by atoms with Gasteiger partial charge in [0.05, 0.1) is 12.1 Å². The SMILES string of the molecule is CCn1c(CNC(=O)c2ccc3c(c2)S(=O)(=O)N(C(C)C)C3=O)n[nH]c1=S. The first kappa shape index (κ1) is 19.2. The van der Waals surface area contributed by atoms with E-state index < -0.39 is 27.9 Å². The molecular weight excluding hydrogens is 390 g/mol. The van der Waals surface area contributed by atoms with Gasteiger partial charge in [-0.1, -0.05) is 0 Å². The summed E-state index contributed by atoms with van der Waals surface area (Å²) in [6.45, 7) is 5.87. The standard InChI is InChI=1S/C16H19N5O4S2/c1-4-20-13(18-19-16(20)26)8-17-14(22)10-5-6-11-12(7-10)27(24,25)21(9(2)3)15(11)23/h5-7,9H,4,8H2,1-3H3,(H,17,22)(H,19,26). The van der Waals surface area contributed by atoms with Crippen LogP contribution >= 0.6 is 12.2 Å². The molecule has 0 radical (unpaired) electrons. The third-order valence-corrected chi connectivity index (χ3v) is 6.55. The number of nitrogens with zero attached hydrogens (tertiary/aromatic N) is 3. The predicted molar refractivity (Wildman–Crippen MR) is 99.2 cm³/mol. The van der Waals surface area contributed by atoms with Crippen LogP contribution in [0.25, 0.3) is 0 Å². The van der Waals surface area contributed by atoms with E-state index in [2.05, 4.69) is 15.5 Å². The molecule has 0 spiro atoms. The maximum absolute atomic E-state index is 12.6. The first-order chi connectivity index (χ1) is 12.7. The highest BCUT2D eigenvalue weighted by molar-refractivity contribution is 7.90. The van der Waals surface area contributed by atoms with Crippen molar-refractivity contribution in [2.24, 2.45) is 0 Å². The first-order valence-electron chi connectivity index (χ1n) is 8.33. The van der Waals surface area contributed by atoms with Crippen LogP contribution in [0.4, 0.5) is 0 Å². The van der Waals surface area contributed by atoms with Gasteiger partial charge in [-0.15, -0.1) is 0 Å². The maximum Gasteiger partial charge on any atom is 0.269 e. The van der Waals surface area contributed by atoms with E-state index in [1.807, 2.05) is 6.92 Å². The number of carbonyl (C=O) groups is 2. The van der Waals surface area contributed by atoms with Crippen LogP contribution in [0.5, 0.6) is 0 Å². The fourth-order valence-electron chi connectivity index (χ4n) is 2.97. The van der Waals surface area contributed by atoms with Crippen molar-refractivity contribution >= 4 is 34.1 Å². The number of H-pyrrole nitrogens is 1. The number of sulfonamides is 1. The van der Waals surface area contributed by atoms with Crippen molar-refractivity contribution in [1.82, 2.24) is 24.4 Å². The Bertz CT molecular complexity index is 1080. The zero-order chi connectivity index (χ0) is 19.9. The number of aromatic amines is 1. The van der Waals surface area contributed by atoms with Gasteiger partial charge in [0.1, 0.15) is 4.90 Å². The number of nitrogens with one attached hydrogen (secondary N) is 2. The largest absolute Gasteiger partial charge is 0.345 e. The minimum Gasteiger partial charge on any atom is -0.345 e. The van der Waals surface area contributed by atoms with Gasteiger partial charge in [-0.3, -0.25) is 14.7 Å². The Labute approximate surface area is 161 Å². The van der Waals surface area contributed by atoms with Gasteiger partial charge >= 0.3 is 0 Å². The van der Waals surface area contributed by atoms with Gasteiger partial charge in [0.2, 0.25) is 0 Å². The smallest absolute Gasteiger partial charge is 0.269 e. The van der Waals surface area contributed by atoms with E-state index in [-0.39, 0.29) is 22.6 Å². The molecule has 27 heavy (non-hydrogen) atoms. The van der Waals surface area contributed by atoms with Crippen molar-refractivity contribution in [2.75, 3.05) is 0 Å². The van der Waals surface area contributed by atoms with Crippen LogP contribution < -0.4 is 5.32 Å². The molecule has 0 bridgehead atoms. The van der Waals surface area contributed by atoms with Crippen molar-refractivity contribution in [2.45, 2.75) is 44.8 Å². The van der Waals surface area contributed by atoms with E-state index in [0.717, 1.165) is 4.31 Å². The van der Waals surface area contributed by atoms with Crippen LogP contribution in [0, 0.1) is 4.77 Å². The Morgan fingerprint density at radius 3 is 2.70 bits per heavy atom. The normalized spacial score (nSPS) is 15.3. The minimum absolute atomic E-state index is 0.0760. The molecule has 0 saturated heterocycles. The lowest BCUT2D eigenvalue weighted by atomic mass is 10.1. The lowest BCUT2D eigenvalue weighted by Gasteiger charge is -2.18. The molecule has 11 heteroatoms. The molecule has 0 atom stereocenters. The monoisotopic (exact) mass is 409 g/mol. The zero-order valence-corrected chi connectivity index (χ0v) is 16.6. The number of hydrogen-bond acceptors (Lipinski definition) is 6. The molecule has 1 aromatic heterocycles. The van der Waals surface area contributed by atoms with Gasteiger partial charge in [-0.05, 0) is 51.2 Å². The van der Waals surface area contributed by atoms with Gasteiger partial charge in [0, 0.05) is 18.2 Å². The fourth-order valence-corrected chi connectivity index (χ4v) is 5.05. The van der Waals surface area contributed by atoms with Crippen molar-refractivity contribution in [1.29, 1.82) is 0 Å². The minimum atomic E-state index is -3.96. The average Bonchev–Trinajstić information content (AvgIpc) is 3.06. The number of benzene rings is 1. The lowest BCUT2D eigenvalue weighted by Crippen LogP contribution is -2.36. The van der Waals surface area contributed by atoms with E-state index in [9.17, 15) is 18.0 Å². The zero-order valence-electron chi connectivity index (χ0n) is 15.0. The summed E-state index contributed by atoms with van der Waals surface area (Å²) in [7, 11) is -3.96. The molecule has 0 fully saturated rings. The molecule has 1 aromatic carbocycles. The molecule has 0 saturated carbocycles. The second-order valence-electron chi connectivity index (χ2n) is 6.28. The van der Waals surface area contributed by atoms with Crippen LogP contribution in [0.15, 0.2) is 23.1 Å². The van der Waals surface area contributed by atoms with Crippen molar-refractivity contribution < 1.29 is 18.0 Å². The molecule has 2 heterocycles. The number of amides is 2. The lowest BCUT2D eigenvalue weighted by molar-refractivity contribution is 0.0845. The molecule has 1 aliphatic rings. The molecule has 2 N–H and O–H groups in total. The Kier molecular flexibility index (Phi) is 4.91. The van der Waals surface area contributed by atoms with Crippen molar-refractivity contribution in [3.63, 3.8) is 0 Å². The number of rotatable bonds is 5. The summed E-state index contributed by atoms with van der Waals surface area (Å²) in [5, 5.41) is 9.40. The number of hydrogen-bond donors (Lipinski definition) is 2.